The van der Waals surface area contributed by atoms with Crippen molar-refractivity contribution >= 4 is 22.4 Å². The summed E-state index contributed by atoms with van der Waals surface area (Å²) in [5.74, 6) is 0.894. The van der Waals surface area contributed by atoms with Crippen LogP contribution in [0.2, 0.25) is 5.02 Å². The Balaban J connectivity index is 2.61. The quantitative estimate of drug-likeness (QED) is 0.734. The van der Waals surface area contributed by atoms with Gasteiger partial charge >= 0.3 is 0 Å². The van der Waals surface area contributed by atoms with E-state index in [9.17, 15) is 0 Å². The molecule has 2 aromatic carbocycles. The Kier molecular flexibility index (Phi) is 2.83. The molecule has 15 heavy (non-hydrogen) atoms. The number of halogens is 1. The normalized spacial score (nSPS) is 10.9. The van der Waals surface area contributed by atoms with E-state index in [0.717, 1.165) is 21.5 Å². The topological polar surface area (TPSA) is 9.23 Å². The minimum Gasteiger partial charge on any atom is -0.490 e. The van der Waals surface area contributed by atoms with Crippen LogP contribution in [0.3, 0.4) is 0 Å². The summed E-state index contributed by atoms with van der Waals surface area (Å²) < 4.78 is 5.72. The molecule has 2 rings (SSSR count). The van der Waals surface area contributed by atoms with E-state index in [-0.39, 0.29) is 6.10 Å². The first kappa shape index (κ1) is 10.3. The maximum Gasteiger partial charge on any atom is 0.127 e. The Hall–Kier alpha value is -1.21. The number of benzene rings is 2. The number of fused-ring (bicyclic) bond motifs is 1. The molecule has 0 amide bonds. The van der Waals surface area contributed by atoms with E-state index in [2.05, 4.69) is 0 Å². The van der Waals surface area contributed by atoms with Gasteiger partial charge in [-0.1, -0.05) is 35.9 Å². The minimum atomic E-state index is 0.176. The molecular weight excluding hydrogens is 208 g/mol. The van der Waals surface area contributed by atoms with Gasteiger partial charge in [0.15, 0.2) is 0 Å². The van der Waals surface area contributed by atoms with Crippen molar-refractivity contribution in [3.8, 4) is 5.75 Å². The molecule has 0 spiro atoms. The molecular formula is C13H13ClO. The first-order valence-electron chi connectivity index (χ1n) is 5.02. The van der Waals surface area contributed by atoms with Crippen LogP contribution in [0.25, 0.3) is 10.8 Å². The van der Waals surface area contributed by atoms with Crippen LogP contribution >= 0.6 is 11.6 Å². The summed E-state index contributed by atoms with van der Waals surface area (Å²) in [5.41, 5.74) is 0. The first-order chi connectivity index (χ1) is 7.18. The van der Waals surface area contributed by atoms with E-state index in [1.165, 1.54) is 0 Å². The molecule has 2 heteroatoms. The van der Waals surface area contributed by atoms with Gasteiger partial charge in [-0.15, -0.1) is 0 Å². The van der Waals surface area contributed by atoms with Crippen molar-refractivity contribution in [3.63, 3.8) is 0 Å². The van der Waals surface area contributed by atoms with Gasteiger partial charge in [0.05, 0.1) is 6.10 Å². The number of ether oxygens (including phenoxy) is 1. The van der Waals surface area contributed by atoms with Gasteiger partial charge in [-0.25, -0.2) is 0 Å². The molecule has 2 aromatic rings. The first-order valence-corrected chi connectivity index (χ1v) is 5.40. The van der Waals surface area contributed by atoms with Gasteiger partial charge in [-0.3, -0.25) is 0 Å². The van der Waals surface area contributed by atoms with Crippen molar-refractivity contribution in [3.05, 3.63) is 41.4 Å². The van der Waals surface area contributed by atoms with Gasteiger partial charge in [0.1, 0.15) is 5.75 Å². The van der Waals surface area contributed by atoms with Gasteiger partial charge < -0.3 is 4.74 Å². The minimum absolute atomic E-state index is 0.176. The van der Waals surface area contributed by atoms with E-state index in [4.69, 9.17) is 16.3 Å². The van der Waals surface area contributed by atoms with Crippen LogP contribution in [0, 0.1) is 0 Å². The highest BCUT2D eigenvalue weighted by Gasteiger charge is 2.05. The molecule has 0 N–H and O–H groups in total. The lowest BCUT2D eigenvalue weighted by Gasteiger charge is -2.12. The van der Waals surface area contributed by atoms with Crippen LogP contribution in [0.4, 0.5) is 0 Å². The van der Waals surface area contributed by atoms with Crippen LogP contribution in [-0.4, -0.2) is 6.10 Å². The Morgan fingerprint density at radius 3 is 2.33 bits per heavy atom. The second kappa shape index (κ2) is 4.11. The van der Waals surface area contributed by atoms with Crippen LogP contribution in [0.15, 0.2) is 36.4 Å². The van der Waals surface area contributed by atoms with Gasteiger partial charge in [-0.05, 0) is 26.0 Å². The third-order valence-corrected chi connectivity index (χ3v) is 2.52. The molecule has 0 fully saturated rings. The second-order valence-corrected chi connectivity index (χ2v) is 4.16. The maximum atomic E-state index is 6.11. The van der Waals surface area contributed by atoms with Gasteiger partial charge in [0.25, 0.3) is 0 Å². The van der Waals surface area contributed by atoms with E-state index >= 15 is 0 Å². The molecule has 0 saturated carbocycles. The molecule has 0 aliphatic rings. The van der Waals surface area contributed by atoms with E-state index in [1.807, 2.05) is 50.2 Å². The average molecular weight is 221 g/mol. The van der Waals surface area contributed by atoms with Crippen LogP contribution in [-0.2, 0) is 0 Å². The van der Waals surface area contributed by atoms with Gasteiger partial charge in [-0.2, -0.15) is 0 Å². The molecule has 0 atom stereocenters. The standard InChI is InChI=1S/C13H13ClO/c1-9(2)15-13-8-7-12(14)10-5-3-4-6-11(10)13/h3-9H,1-2H3. The molecule has 0 aliphatic carbocycles. The third kappa shape index (κ3) is 2.07. The summed E-state index contributed by atoms with van der Waals surface area (Å²) in [6, 6.07) is 11.8. The van der Waals surface area contributed by atoms with Crippen molar-refractivity contribution in [2.75, 3.05) is 0 Å². The fourth-order valence-electron chi connectivity index (χ4n) is 1.59. The van der Waals surface area contributed by atoms with E-state index < -0.39 is 0 Å². The highest BCUT2D eigenvalue weighted by molar-refractivity contribution is 6.35. The van der Waals surface area contributed by atoms with Crippen LogP contribution in [0.1, 0.15) is 13.8 Å². The molecule has 0 heterocycles. The lowest BCUT2D eigenvalue weighted by atomic mass is 10.1. The second-order valence-electron chi connectivity index (χ2n) is 3.76. The predicted molar refractivity (Wildman–Crippen MR) is 64.7 cm³/mol. The molecule has 0 aromatic heterocycles. The largest absolute Gasteiger partial charge is 0.490 e. The molecule has 78 valence electrons. The monoisotopic (exact) mass is 220 g/mol. The zero-order chi connectivity index (χ0) is 10.8. The van der Waals surface area contributed by atoms with Crippen molar-refractivity contribution in [2.45, 2.75) is 20.0 Å². The highest BCUT2D eigenvalue weighted by Crippen LogP contribution is 2.31. The molecule has 0 unspecified atom stereocenters. The summed E-state index contributed by atoms with van der Waals surface area (Å²) in [5, 5.41) is 2.87. The molecule has 1 nitrogen and oxygen atoms in total. The highest BCUT2D eigenvalue weighted by atomic mass is 35.5. The molecule has 0 aliphatic heterocycles. The fourth-order valence-corrected chi connectivity index (χ4v) is 1.82. The lowest BCUT2D eigenvalue weighted by molar-refractivity contribution is 0.245. The summed E-state index contributed by atoms with van der Waals surface area (Å²) in [4.78, 5) is 0. The number of rotatable bonds is 2. The lowest BCUT2D eigenvalue weighted by Crippen LogP contribution is -2.05. The fraction of sp³-hybridized carbons (Fsp3) is 0.231. The Morgan fingerprint density at radius 2 is 1.67 bits per heavy atom. The van der Waals surface area contributed by atoms with E-state index in [1.54, 1.807) is 0 Å². The van der Waals surface area contributed by atoms with Crippen molar-refractivity contribution in [1.29, 1.82) is 0 Å². The Labute approximate surface area is 94.6 Å². The SMILES string of the molecule is CC(C)Oc1ccc(Cl)c2ccccc12. The Morgan fingerprint density at radius 1 is 1.00 bits per heavy atom. The number of hydrogen-bond acceptors (Lipinski definition) is 1. The van der Waals surface area contributed by atoms with Crippen LogP contribution < -0.4 is 4.74 Å². The predicted octanol–water partition coefficient (Wildman–Crippen LogP) is 4.28. The van der Waals surface area contributed by atoms with Gasteiger partial charge in [0.2, 0.25) is 0 Å². The zero-order valence-corrected chi connectivity index (χ0v) is 9.58. The number of hydrogen-bond donors (Lipinski definition) is 0. The zero-order valence-electron chi connectivity index (χ0n) is 8.83. The summed E-state index contributed by atoms with van der Waals surface area (Å²) in [7, 11) is 0. The molecule has 0 bridgehead atoms. The van der Waals surface area contributed by atoms with Crippen molar-refractivity contribution in [2.24, 2.45) is 0 Å². The molecule has 0 radical (unpaired) electrons. The Bertz CT molecular complexity index is 477. The van der Waals surface area contributed by atoms with Crippen molar-refractivity contribution < 1.29 is 4.74 Å². The van der Waals surface area contributed by atoms with E-state index in [0.29, 0.717) is 0 Å². The third-order valence-electron chi connectivity index (χ3n) is 2.19. The summed E-state index contributed by atoms with van der Waals surface area (Å²) in [6.45, 7) is 4.03. The maximum absolute atomic E-state index is 6.11. The van der Waals surface area contributed by atoms with Gasteiger partial charge in [0, 0.05) is 15.8 Å². The summed E-state index contributed by atoms with van der Waals surface area (Å²) in [6.07, 6.45) is 0.176. The smallest absolute Gasteiger partial charge is 0.127 e. The van der Waals surface area contributed by atoms with Crippen molar-refractivity contribution in [1.82, 2.24) is 0 Å². The van der Waals surface area contributed by atoms with Crippen LogP contribution in [0.5, 0.6) is 5.75 Å². The summed E-state index contributed by atoms with van der Waals surface area (Å²) >= 11 is 6.11. The molecule has 0 saturated heterocycles. The average Bonchev–Trinajstić information content (AvgIpc) is 2.22.